The number of benzene rings is 2. The summed E-state index contributed by atoms with van der Waals surface area (Å²) in [6.45, 7) is 0. The molecule has 0 saturated carbocycles. The lowest BCUT2D eigenvalue weighted by atomic mass is 10.0. The number of hydrogen-bond donors (Lipinski definition) is 1. The maximum Gasteiger partial charge on any atom is 0.276 e. The molecule has 0 spiro atoms. The van der Waals surface area contributed by atoms with E-state index in [1.807, 2.05) is 0 Å². The lowest BCUT2D eigenvalue weighted by molar-refractivity contribution is -0.385. The Kier molecular flexibility index (Phi) is 3.19. The van der Waals surface area contributed by atoms with E-state index in [1.165, 1.54) is 12.1 Å². The van der Waals surface area contributed by atoms with E-state index in [9.17, 15) is 14.9 Å². The number of hydrogen-bond acceptors (Lipinski definition) is 3. The van der Waals surface area contributed by atoms with Gasteiger partial charge in [0.2, 0.25) is 0 Å². The van der Waals surface area contributed by atoms with Crippen LogP contribution in [0.15, 0.2) is 42.5 Å². The van der Waals surface area contributed by atoms with Crippen LogP contribution in [0.4, 0.5) is 11.4 Å². The van der Waals surface area contributed by atoms with E-state index in [0.717, 1.165) is 0 Å². The Balaban J connectivity index is 2.19. The van der Waals surface area contributed by atoms with Gasteiger partial charge in [-0.1, -0.05) is 29.8 Å². The first-order chi connectivity index (χ1) is 10.1. The van der Waals surface area contributed by atoms with Gasteiger partial charge in [-0.05, 0) is 24.3 Å². The molecule has 21 heavy (non-hydrogen) atoms. The summed E-state index contributed by atoms with van der Waals surface area (Å²) in [7, 11) is 0. The molecule has 0 bridgehead atoms. The third-order valence-corrected chi connectivity index (χ3v) is 3.52. The minimum atomic E-state index is -0.479. The van der Waals surface area contributed by atoms with Crippen LogP contribution in [0.1, 0.15) is 11.1 Å². The van der Waals surface area contributed by atoms with Crippen LogP contribution < -0.4 is 5.32 Å². The van der Waals surface area contributed by atoms with Gasteiger partial charge in [0.1, 0.15) is 0 Å². The van der Waals surface area contributed by atoms with Crippen molar-refractivity contribution >= 4 is 40.5 Å². The molecule has 6 heteroatoms. The molecule has 5 nitrogen and oxygen atoms in total. The van der Waals surface area contributed by atoms with E-state index in [1.54, 1.807) is 36.4 Å². The molecule has 0 atom stereocenters. The van der Waals surface area contributed by atoms with E-state index in [-0.39, 0.29) is 11.6 Å². The van der Waals surface area contributed by atoms with Crippen LogP contribution >= 0.6 is 11.6 Å². The van der Waals surface area contributed by atoms with Crippen molar-refractivity contribution in [3.8, 4) is 0 Å². The van der Waals surface area contributed by atoms with Crippen LogP contribution in [-0.2, 0) is 4.79 Å². The minimum Gasteiger partial charge on any atom is -0.321 e. The van der Waals surface area contributed by atoms with Gasteiger partial charge in [0.05, 0.1) is 26.8 Å². The quantitative estimate of drug-likeness (QED) is 0.521. The molecule has 104 valence electrons. The SMILES string of the molecule is O=C1Nc2cccc(Cl)c2C1=Cc1ccccc1[N+](=O)[O-]. The summed E-state index contributed by atoms with van der Waals surface area (Å²) in [5.74, 6) is -0.323. The summed E-state index contributed by atoms with van der Waals surface area (Å²) in [5, 5.41) is 14.2. The van der Waals surface area contributed by atoms with E-state index in [4.69, 9.17) is 11.6 Å². The van der Waals surface area contributed by atoms with Crippen LogP contribution in [0, 0.1) is 10.1 Å². The van der Waals surface area contributed by atoms with Gasteiger partial charge in [-0.2, -0.15) is 0 Å². The van der Waals surface area contributed by atoms with Gasteiger partial charge in [0, 0.05) is 11.6 Å². The Morgan fingerprint density at radius 1 is 1.14 bits per heavy atom. The predicted octanol–water partition coefficient (Wildman–Crippen LogP) is 3.74. The second-order valence-corrected chi connectivity index (χ2v) is 4.90. The van der Waals surface area contributed by atoms with E-state index >= 15 is 0 Å². The fourth-order valence-corrected chi connectivity index (χ4v) is 2.55. The number of nitrogens with zero attached hydrogens (tertiary/aromatic N) is 1. The lowest BCUT2D eigenvalue weighted by Crippen LogP contribution is -2.03. The van der Waals surface area contributed by atoms with Crippen LogP contribution in [0.3, 0.4) is 0 Å². The van der Waals surface area contributed by atoms with Gasteiger partial charge in [0.25, 0.3) is 11.6 Å². The zero-order valence-electron chi connectivity index (χ0n) is 10.7. The van der Waals surface area contributed by atoms with Gasteiger partial charge in [-0.25, -0.2) is 0 Å². The van der Waals surface area contributed by atoms with Gasteiger partial charge in [0.15, 0.2) is 0 Å². The molecule has 1 heterocycles. The summed E-state index contributed by atoms with van der Waals surface area (Å²) in [4.78, 5) is 22.6. The molecule has 0 fully saturated rings. The van der Waals surface area contributed by atoms with Crippen molar-refractivity contribution in [2.45, 2.75) is 0 Å². The molecule has 1 aliphatic heterocycles. The molecule has 0 saturated heterocycles. The van der Waals surface area contributed by atoms with Crippen molar-refractivity contribution in [3.63, 3.8) is 0 Å². The Bertz CT molecular complexity index is 799. The van der Waals surface area contributed by atoms with Gasteiger partial charge in [-0.15, -0.1) is 0 Å². The fourth-order valence-electron chi connectivity index (χ4n) is 2.27. The van der Waals surface area contributed by atoms with E-state index in [0.29, 0.717) is 27.4 Å². The molecule has 2 aromatic carbocycles. The van der Waals surface area contributed by atoms with Crippen LogP contribution in [0.25, 0.3) is 11.6 Å². The summed E-state index contributed by atoms with van der Waals surface area (Å²) in [6, 6.07) is 11.4. The van der Waals surface area contributed by atoms with Crippen molar-refractivity contribution in [2.75, 3.05) is 5.32 Å². The van der Waals surface area contributed by atoms with Crippen molar-refractivity contribution in [1.82, 2.24) is 0 Å². The Hall–Kier alpha value is -2.66. The number of para-hydroxylation sites is 1. The standard InChI is InChI=1S/C15H9ClN2O3/c16-11-5-3-6-12-14(11)10(15(19)17-12)8-9-4-1-2-7-13(9)18(20)21/h1-8H,(H,17,19). The molecular formula is C15H9ClN2O3. The monoisotopic (exact) mass is 300 g/mol. The van der Waals surface area contributed by atoms with Gasteiger partial charge in [-0.3, -0.25) is 14.9 Å². The maximum absolute atomic E-state index is 12.1. The normalized spacial score (nSPS) is 14.9. The highest BCUT2D eigenvalue weighted by molar-refractivity contribution is 6.41. The first-order valence-electron chi connectivity index (χ1n) is 6.13. The fraction of sp³-hybridized carbons (Fsp3) is 0. The number of nitro benzene ring substituents is 1. The topological polar surface area (TPSA) is 72.2 Å². The largest absolute Gasteiger partial charge is 0.321 e. The van der Waals surface area contributed by atoms with E-state index in [2.05, 4.69) is 5.32 Å². The van der Waals surface area contributed by atoms with Gasteiger partial charge >= 0.3 is 0 Å². The second kappa shape index (κ2) is 5.03. The Morgan fingerprint density at radius 3 is 2.67 bits per heavy atom. The molecule has 0 aromatic heterocycles. The highest BCUT2D eigenvalue weighted by atomic mass is 35.5. The molecular weight excluding hydrogens is 292 g/mol. The van der Waals surface area contributed by atoms with Crippen LogP contribution in [-0.4, -0.2) is 10.8 Å². The van der Waals surface area contributed by atoms with Crippen molar-refractivity contribution in [2.24, 2.45) is 0 Å². The van der Waals surface area contributed by atoms with Crippen LogP contribution in [0.5, 0.6) is 0 Å². The smallest absolute Gasteiger partial charge is 0.276 e. The van der Waals surface area contributed by atoms with Crippen molar-refractivity contribution < 1.29 is 9.72 Å². The average molecular weight is 301 g/mol. The molecule has 3 rings (SSSR count). The number of nitro groups is 1. The first-order valence-corrected chi connectivity index (χ1v) is 6.51. The number of carbonyl (C=O) groups is 1. The summed E-state index contributed by atoms with van der Waals surface area (Å²) >= 11 is 6.13. The first kappa shape index (κ1) is 13.3. The summed E-state index contributed by atoms with van der Waals surface area (Å²) < 4.78 is 0. The highest BCUT2D eigenvalue weighted by Crippen LogP contribution is 2.38. The number of halogens is 1. The minimum absolute atomic E-state index is 0.0571. The number of rotatable bonds is 2. The van der Waals surface area contributed by atoms with E-state index < -0.39 is 4.92 Å². The molecule has 1 aliphatic rings. The lowest BCUT2D eigenvalue weighted by Gasteiger charge is -2.02. The van der Waals surface area contributed by atoms with Crippen LogP contribution in [0.2, 0.25) is 5.02 Å². The van der Waals surface area contributed by atoms with Crippen molar-refractivity contribution in [3.05, 3.63) is 68.7 Å². The molecule has 1 amide bonds. The van der Waals surface area contributed by atoms with Crippen molar-refractivity contribution in [1.29, 1.82) is 0 Å². The molecule has 1 N–H and O–H groups in total. The Morgan fingerprint density at radius 2 is 1.90 bits per heavy atom. The summed E-state index contributed by atoms with van der Waals surface area (Å²) in [5.41, 5.74) is 1.81. The number of anilines is 1. The highest BCUT2D eigenvalue weighted by Gasteiger charge is 2.27. The molecule has 0 aliphatic carbocycles. The Labute approximate surface area is 125 Å². The molecule has 0 unspecified atom stereocenters. The second-order valence-electron chi connectivity index (χ2n) is 4.49. The third-order valence-electron chi connectivity index (χ3n) is 3.21. The predicted molar refractivity (Wildman–Crippen MR) is 81.0 cm³/mol. The third kappa shape index (κ3) is 2.28. The summed E-state index contributed by atoms with van der Waals surface area (Å²) in [6.07, 6.45) is 1.49. The zero-order chi connectivity index (χ0) is 15.0. The molecule has 0 radical (unpaired) electrons. The zero-order valence-corrected chi connectivity index (χ0v) is 11.4. The number of carbonyl (C=O) groups excluding carboxylic acids is 1. The average Bonchev–Trinajstić information content (AvgIpc) is 2.77. The number of amides is 1. The molecule has 2 aromatic rings. The maximum atomic E-state index is 12.1. The number of fused-ring (bicyclic) bond motifs is 1. The van der Waals surface area contributed by atoms with Gasteiger partial charge < -0.3 is 5.32 Å². The number of nitrogens with one attached hydrogen (secondary N) is 1.